The van der Waals surface area contributed by atoms with Gasteiger partial charge in [-0.3, -0.25) is 10.4 Å². The van der Waals surface area contributed by atoms with Crippen LogP contribution in [0.1, 0.15) is 85.0 Å². The fraction of sp³-hybridized carbons (Fsp3) is 1.00. The van der Waals surface area contributed by atoms with Gasteiger partial charge in [-0.05, 0) is 6.42 Å². The second-order valence-electron chi connectivity index (χ2n) is 5.65. The first-order valence-electron chi connectivity index (χ1n) is 8.98. The summed E-state index contributed by atoms with van der Waals surface area (Å²) in [5.74, 6) is 5.31. The molecular formula is C16H38N2O4S. The molecule has 7 heteroatoms. The SMILES string of the molecule is CCCCCCCCCCCCOS(=O)(=O)O.CCN(N)CC. The molecule has 0 spiro atoms. The first-order valence-corrected chi connectivity index (χ1v) is 10.3. The Bertz CT molecular complexity index is 320. The Balaban J connectivity index is 0. The summed E-state index contributed by atoms with van der Waals surface area (Å²) in [6.07, 6.45) is 11.9. The molecule has 6 nitrogen and oxygen atoms in total. The number of rotatable bonds is 14. The lowest BCUT2D eigenvalue weighted by Crippen LogP contribution is -2.29. The molecular weight excluding hydrogens is 316 g/mol. The van der Waals surface area contributed by atoms with Crippen molar-refractivity contribution in [3.63, 3.8) is 0 Å². The van der Waals surface area contributed by atoms with E-state index in [2.05, 4.69) is 11.1 Å². The molecule has 0 heterocycles. The van der Waals surface area contributed by atoms with Crippen LogP contribution in [0.2, 0.25) is 0 Å². The van der Waals surface area contributed by atoms with Gasteiger partial charge in [0.2, 0.25) is 0 Å². The normalized spacial score (nSPS) is 11.4. The molecule has 0 atom stereocenters. The third-order valence-electron chi connectivity index (χ3n) is 3.54. The molecule has 0 aliphatic rings. The van der Waals surface area contributed by atoms with Gasteiger partial charge < -0.3 is 0 Å². The molecule has 0 amide bonds. The maximum absolute atomic E-state index is 10.2. The molecule has 0 radical (unpaired) electrons. The van der Waals surface area contributed by atoms with E-state index in [4.69, 9.17) is 10.4 Å². The minimum absolute atomic E-state index is 0.0926. The molecule has 0 bridgehead atoms. The standard InChI is InChI=1S/C12H26O4S.C4H12N2/c1-2-3-4-5-6-7-8-9-10-11-12-16-17(13,14)15;1-3-6(5)4-2/h2-12H2,1H3,(H,13,14,15);3-5H2,1-2H3. The summed E-state index contributed by atoms with van der Waals surface area (Å²) in [7, 11) is -4.23. The van der Waals surface area contributed by atoms with E-state index in [1.807, 2.05) is 13.8 Å². The molecule has 3 N–H and O–H groups in total. The van der Waals surface area contributed by atoms with Crippen LogP contribution >= 0.6 is 0 Å². The van der Waals surface area contributed by atoms with E-state index in [1.54, 1.807) is 5.01 Å². The minimum atomic E-state index is -4.23. The van der Waals surface area contributed by atoms with Crippen molar-refractivity contribution >= 4 is 10.4 Å². The van der Waals surface area contributed by atoms with E-state index >= 15 is 0 Å². The van der Waals surface area contributed by atoms with Gasteiger partial charge in [-0.2, -0.15) is 8.42 Å². The highest BCUT2D eigenvalue weighted by Gasteiger charge is 2.02. The predicted molar refractivity (Wildman–Crippen MR) is 96.5 cm³/mol. The molecule has 142 valence electrons. The quantitative estimate of drug-likeness (QED) is 0.212. The number of hydrogen-bond donors (Lipinski definition) is 2. The van der Waals surface area contributed by atoms with Gasteiger partial charge in [0, 0.05) is 13.1 Å². The first-order chi connectivity index (χ1) is 10.9. The lowest BCUT2D eigenvalue weighted by molar-refractivity contribution is 0.261. The van der Waals surface area contributed by atoms with Crippen LogP contribution in [0.3, 0.4) is 0 Å². The molecule has 0 aliphatic heterocycles. The van der Waals surface area contributed by atoms with Crippen molar-refractivity contribution in [3.05, 3.63) is 0 Å². The largest absolute Gasteiger partial charge is 0.397 e. The summed E-state index contributed by atoms with van der Waals surface area (Å²) in [5.41, 5.74) is 0. The second kappa shape index (κ2) is 18.1. The molecule has 0 fully saturated rings. The molecule has 0 aromatic carbocycles. The van der Waals surface area contributed by atoms with Gasteiger partial charge in [0.15, 0.2) is 0 Å². The topological polar surface area (TPSA) is 92.9 Å². The molecule has 0 aromatic rings. The summed E-state index contributed by atoms with van der Waals surface area (Å²) in [5, 5.41) is 1.75. The third kappa shape index (κ3) is 27.0. The van der Waals surface area contributed by atoms with E-state index < -0.39 is 10.4 Å². The van der Waals surface area contributed by atoms with Gasteiger partial charge in [-0.1, -0.05) is 78.6 Å². The van der Waals surface area contributed by atoms with Crippen molar-refractivity contribution in [2.45, 2.75) is 85.0 Å². The Labute approximate surface area is 143 Å². The van der Waals surface area contributed by atoms with E-state index in [1.165, 1.54) is 44.9 Å². The van der Waals surface area contributed by atoms with E-state index in [-0.39, 0.29) is 6.61 Å². The van der Waals surface area contributed by atoms with Crippen molar-refractivity contribution < 1.29 is 17.2 Å². The summed E-state index contributed by atoms with van der Waals surface area (Å²) in [4.78, 5) is 0. The van der Waals surface area contributed by atoms with Crippen LogP contribution in [-0.4, -0.2) is 37.7 Å². The Morgan fingerprint density at radius 1 is 0.826 bits per heavy atom. The van der Waals surface area contributed by atoms with E-state index in [0.29, 0.717) is 6.42 Å². The van der Waals surface area contributed by atoms with Gasteiger partial charge >= 0.3 is 10.4 Å². The molecule has 0 aliphatic carbocycles. The van der Waals surface area contributed by atoms with Crippen molar-refractivity contribution in [1.82, 2.24) is 5.01 Å². The Kier molecular flexibility index (Phi) is 19.7. The van der Waals surface area contributed by atoms with Crippen LogP contribution in [-0.2, 0) is 14.6 Å². The molecule has 0 saturated carbocycles. The van der Waals surface area contributed by atoms with Gasteiger partial charge in [0.25, 0.3) is 0 Å². The average Bonchev–Trinajstić information content (AvgIpc) is 2.51. The van der Waals surface area contributed by atoms with E-state index in [0.717, 1.165) is 25.9 Å². The van der Waals surface area contributed by atoms with Crippen LogP contribution in [0.5, 0.6) is 0 Å². The van der Waals surface area contributed by atoms with Gasteiger partial charge in [0.1, 0.15) is 0 Å². The molecule has 0 aromatic heterocycles. The van der Waals surface area contributed by atoms with E-state index in [9.17, 15) is 8.42 Å². The second-order valence-corrected chi connectivity index (χ2v) is 6.74. The Morgan fingerprint density at radius 3 is 1.52 bits per heavy atom. The lowest BCUT2D eigenvalue weighted by Gasteiger charge is -2.07. The zero-order valence-electron chi connectivity index (χ0n) is 15.3. The highest BCUT2D eigenvalue weighted by Crippen LogP contribution is 2.10. The number of hydrazine groups is 1. The molecule has 0 saturated heterocycles. The number of unbranched alkanes of at least 4 members (excludes halogenated alkanes) is 9. The maximum Gasteiger partial charge on any atom is 0.397 e. The molecule has 23 heavy (non-hydrogen) atoms. The highest BCUT2D eigenvalue weighted by molar-refractivity contribution is 7.80. The number of nitrogens with two attached hydrogens (primary N) is 1. The van der Waals surface area contributed by atoms with Crippen molar-refractivity contribution in [1.29, 1.82) is 0 Å². The van der Waals surface area contributed by atoms with Crippen molar-refractivity contribution in [3.8, 4) is 0 Å². The summed E-state index contributed by atoms with van der Waals surface area (Å²) >= 11 is 0. The summed E-state index contributed by atoms with van der Waals surface area (Å²) < 4.78 is 33.0. The average molecular weight is 355 g/mol. The maximum atomic E-state index is 10.2. The summed E-state index contributed by atoms with van der Waals surface area (Å²) in [6.45, 7) is 8.25. The lowest BCUT2D eigenvalue weighted by atomic mass is 10.1. The zero-order chi connectivity index (χ0) is 18.0. The van der Waals surface area contributed by atoms with Gasteiger partial charge in [-0.25, -0.2) is 9.19 Å². The smallest absolute Gasteiger partial charge is 0.269 e. The Hall–Kier alpha value is -0.210. The first kappa shape index (κ1) is 25.0. The molecule has 0 rings (SSSR count). The monoisotopic (exact) mass is 354 g/mol. The van der Waals surface area contributed by atoms with Crippen LogP contribution in [0.4, 0.5) is 0 Å². The highest BCUT2D eigenvalue weighted by atomic mass is 32.3. The fourth-order valence-corrected chi connectivity index (χ4v) is 2.31. The third-order valence-corrected chi connectivity index (χ3v) is 4.01. The van der Waals surface area contributed by atoms with Crippen LogP contribution in [0, 0.1) is 0 Å². The Morgan fingerprint density at radius 2 is 1.22 bits per heavy atom. The summed E-state index contributed by atoms with van der Waals surface area (Å²) in [6, 6.07) is 0. The minimum Gasteiger partial charge on any atom is -0.269 e. The van der Waals surface area contributed by atoms with Crippen LogP contribution in [0.15, 0.2) is 0 Å². The zero-order valence-corrected chi connectivity index (χ0v) is 16.1. The van der Waals surface area contributed by atoms with Crippen molar-refractivity contribution in [2.75, 3.05) is 19.7 Å². The molecule has 0 unspecified atom stereocenters. The van der Waals surface area contributed by atoms with Gasteiger partial charge in [-0.15, -0.1) is 0 Å². The predicted octanol–water partition coefficient (Wildman–Crippen LogP) is 3.93. The van der Waals surface area contributed by atoms with Gasteiger partial charge in [0.05, 0.1) is 6.61 Å². The fourth-order valence-electron chi connectivity index (χ4n) is 1.98. The van der Waals surface area contributed by atoms with Crippen molar-refractivity contribution in [2.24, 2.45) is 5.84 Å². The number of hydrogen-bond acceptors (Lipinski definition) is 5. The van der Waals surface area contributed by atoms with Crippen LogP contribution in [0.25, 0.3) is 0 Å². The van der Waals surface area contributed by atoms with Crippen LogP contribution < -0.4 is 5.84 Å². The number of nitrogens with zero attached hydrogens (tertiary/aromatic N) is 1.